The molecule has 0 saturated heterocycles. The van der Waals surface area contributed by atoms with Crippen LogP contribution in [0, 0.1) is 0 Å². The van der Waals surface area contributed by atoms with E-state index in [0.717, 1.165) is 10.5 Å². The molecule has 0 spiro atoms. The van der Waals surface area contributed by atoms with Crippen LogP contribution in [0.25, 0.3) is 0 Å². The van der Waals surface area contributed by atoms with Gasteiger partial charge in [-0.25, -0.2) is 0 Å². The van der Waals surface area contributed by atoms with Crippen LogP contribution in [0.15, 0.2) is 52.0 Å². The maximum atomic E-state index is 12.7. The standard InChI is InChI=1S/C18H22N2O3S/c1-3-19-16(21)12-20(4-2)18(22)17-14(10-11-23-17)13-24-15-8-6-5-7-9-15/h5-11H,3-4,12-13H2,1-2H3,(H,19,21). The predicted octanol–water partition coefficient (Wildman–Crippen LogP) is 3.17. The second-order valence-electron chi connectivity index (χ2n) is 5.15. The van der Waals surface area contributed by atoms with E-state index < -0.39 is 0 Å². The molecule has 0 saturated carbocycles. The summed E-state index contributed by atoms with van der Waals surface area (Å²) in [7, 11) is 0. The van der Waals surface area contributed by atoms with Gasteiger partial charge in [0.25, 0.3) is 5.91 Å². The molecule has 0 atom stereocenters. The Kier molecular flexibility index (Phi) is 6.93. The van der Waals surface area contributed by atoms with Crippen LogP contribution in [-0.4, -0.2) is 36.3 Å². The van der Waals surface area contributed by atoms with Crippen molar-refractivity contribution in [3.63, 3.8) is 0 Å². The van der Waals surface area contributed by atoms with Crippen LogP contribution in [-0.2, 0) is 10.5 Å². The van der Waals surface area contributed by atoms with Gasteiger partial charge in [-0.15, -0.1) is 11.8 Å². The number of rotatable bonds is 8. The molecule has 0 aliphatic carbocycles. The van der Waals surface area contributed by atoms with Crippen LogP contribution >= 0.6 is 11.8 Å². The molecule has 1 heterocycles. The van der Waals surface area contributed by atoms with E-state index in [1.807, 2.05) is 50.2 Å². The van der Waals surface area contributed by atoms with Gasteiger partial charge in [0.15, 0.2) is 5.76 Å². The highest BCUT2D eigenvalue weighted by molar-refractivity contribution is 7.98. The molecular formula is C18H22N2O3S. The number of likely N-dealkylation sites (N-methyl/N-ethyl adjacent to an activating group) is 2. The monoisotopic (exact) mass is 346 g/mol. The third-order valence-corrected chi connectivity index (χ3v) is 4.52. The molecule has 0 bridgehead atoms. The number of nitrogens with one attached hydrogen (secondary N) is 1. The summed E-state index contributed by atoms with van der Waals surface area (Å²) in [5.41, 5.74) is 0.836. The van der Waals surface area contributed by atoms with E-state index in [-0.39, 0.29) is 18.4 Å². The number of hydrogen-bond acceptors (Lipinski definition) is 4. The lowest BCUT2D eigenvalue weighted by molar-refractivity contribution is -0.121. The molecule has 24 heavy (non-hydrogen) atoms. The van der Waals surface area contributed by atoms with Gasteiger partial charge >= 0.3 is 0 Å². The lowest BCUT2D eigenvalue weighted by Gasteiger charge is -2.19. The summed E-state index contributed by atoms with van der Waals surface area (Å²) in [5, 5.41) is 2.70. The van der Waals surface area contributed by atoms with E-state index in [2.05, 4.69) is 5.32 Å². The van der Waals surface area contributed by atoms with Crippen LogP contribution in [0.5, 0.6) is 0 Å². The van der Waals surface area contributed by atoms with Crippen LogP contribution < -0.4 is 5.32 Å². The molecule has 0 aliphatic heterocycles. The highest BCUT2D eigenvalue weighted by Gasteiger charge is 2.22. The Labute approximate surface area is 146 Å². The van der Waals surface area contributed by atoms with Crippen molar-refractivity contribution in [3.8, 4) is 0 Å². The van der Waals surface area contributed by atoms with E-state index in [0.29, 0.717) is 24.6 Å². The summed E-state index contributed by atoms with van der Waals surface area (Å²) in [5.74, 6) is 0.529. The SMILES string of the molecule is CCNC(=O)CN(CC)C(=O)c1occc1CSc1ccccc1. The Bertz CT molecular complexity index is 670. The van der Waals surface area contributed by atoms with E-state index in [9.17, 15) is 9.59 Å². The first-order valence-corrected chi connectivity index (χ1v) is 8.94. The molecule has 128 valence electrons. The number of nitrogens with zero attached hydrogens (tertiary/aromatic N) is 1. The summed E-state index contributed by atoms with van der Waals surface area (Å²) < 4.78 is 5.40. The Morgan fingerprint density at radius 1 is 1.17 bits per heavy atom. The van der Waals surface area contributed by atoms with E-state index in [1.54, 1.807) is 11.8 Å². The maximum Gasteiger partial charge on any atom is 0.290 e. The van der Waals surface area contributed by atoms with Gasteiger partial charge in [0.2, 0.25) is 5.91 Å². The van der Waals surface area contributed by atoms with Crippen molar-refractivity contribution in [2.75, 3.05) is 19.6 Å². The molecule has 0 unspecified atom stereocenters. The largest absolute Gasteiger partial charge is 0.459 e. The number of benzene rings is 1. The molecule has 1 N–H and O–H groups in total. The summed E-state index contributed by atoms with van der Waals surface area (Å²) in [6.07, 6.45) is 1.52. The summed E-state index contributed by atoms with van der Waals surface area (Å²) in [6.45, 7) is 4.72. The van der Waals surface area contributed by atoms with Crippen molar-refractivity contribution in [3.05, 3.63) is 54.0 Å². The summed E-state index contributed by atoms with van der Waals surface area (Å²) >= 11 is 1.64. The first kappa shape index (κ1) is 18.1. The predicted molar refractivity (Wildman–Crippen MR) is 95.0 cm³/mol. The van der Waals surface area contributed by atoms with Gasteiger partial charge in [-0.1, -0.05) is 18.2 Å². The van der Waals surface area contributed by atoms with Gasteiger partial charge < -0.3 is 14.6 Å². The average Bonchev–Trinajstić information content (AvgIpc) is 3.07. The molecule has 0 fully saturated rings. The molecule has 2 rings (SSSR count). The van der Waals surface area contributed by atoms with Crippen molar-refractivity contribution in [2.24, 2.45) is 0 Å². The van der Waals surface area contributed by atoms with Crippen molar-refractivity contribution >= 4 is 23.6 Å². The highest BCUT2D eigenvalue weighted by Crippen LogP contribution is 2.25. The fourth-order valence-corrected chi connectivity index (χ4v) is 3.11. The summed E-state index contributed by atoms with van der Waals surface area (Å²) in [4.78, 5) is 27.0. The van der Waals surface area contributed by atoms with Crippen LogP contribution in [0.4, 0.5) is 0 Å². The molecule has 2 aromatic rings. The molecule has 0 radical (unpaired) electrons. The van der Waals surface area contributed by atoms with Gasteiger partial charge in [0.1, 0.15) is 0 Å². The Balaban J connectivity index is 2.04. The highest BCUT2D eigenvalue weighted by atomic mass is 32.2. The molecule has 2 amide bonds. The first-order valence-electron chi connectivity index (χ1n) is 7.95. The lowest BCUT2D eigenvalue weighted by Crippen LogP contribution is -2.40. The zero-order chi connectivity index (χ0) is 17.4. The minimum absolute atomic E-state index is 0.0368. The Morgan fingerprint density at radius 2 is 1.92 bits per heavy atom. The number of amides is 2. The van der Waals surface area contributed by atoms with Crippen molar-refractivity contribution in [1.29, 1.82) is 0 Å². The molecule has 6 heteroatoms. The van der Waals surface area contributed by atoms with Crippen molar-refractivity contribution < 1.29 is 14.0 Å². The zero-order valence-corrected chi connectivity index (χ0v) is 14.8. The lowest BCUT2D eigenvalue weighted by atomic mass is 10.2. The van der Waals surface area contributed by atoms with Crippen LogP contribution in [0.2, 0.25) is 0 Å². The second kappa shape index (κ2) is 9.17. The third-order valence-electron chi connectivity index (χ3n) is 3.46. The molecular weight excluding hydrogens is 324 g/mol. The second-order valence-corrected chi connectivity index (χ2v) is 6.20. The number of thioether (sulfide) groups is 1. The van der Waals surface area contributed by atoms with Gasteiger partial charge in [0, 0.05) is 29.3 Å². The third kappa shape index (κ3) is 4.89. The normalized spacial score (nSPS) is 10.4. The Hall–Kier alpha value is -2.21. The van der Waals surface area contributed by atoms with Crippen LogP contribution in [0.1, 0.15) is 30.0 Å². The zero-order valence-electron chi connectivity index (χ0n) is 14.0. The van der Waals surface area contributed by atoms with E-state index in [4.69, 9.17) is 4.42 Å². The van der Waals surface area contributed by atoms with Gasteiger partial charge in [-0.2, -0.15) is 0 Å². The number of hydrogen-bond donors (Lipinski definition) is 1. The van der Waals surface area contributed by atoms with Gasteiger partial charge in [0.05, 0.1) is 12.8 Å². The van der Waals surface area contributed by atoms with Crippen molar-refractivity contribution in [2.45, 2.75) is 24.5 Å². The molecule has 1 aromatic carbocycles. The van der Waals surface area contributed by atoms with E-state index >= 15 is 0 Å². The van der Waals surface area contributed by atoms with Gasteiger partial charge in [-0.05, 0) is 32.0 Å². The minimum Gasteiger partial charge on any atom is -0.459 e. The van der Waals surface area contributed by atoms with E-state index in [1.165, 1.54) is 11.2 Å². The molecule has 1 aromatic heterocycles. The van der Waals surface area contributed by atoms with Crippen LogP contribution in [0.3, 0.4) is 0 Å². The quantitative estimate of drug-likeness (QED) is 0.746. The molecule has 0 aliphatic rings. The van der Waals surface area contributed by atoms with Gasteiger partial charge in [-0.3, -0.25) is 9.59 Å². The topological polar surface area (TPSA) is 62.6 Å². The smallest absolute Gasteiger partial charge is 0.290 e. The number of carbonyl (C=O) groups excluding carboxylic acids is 2. The average molecular weight is 346 g/mol. The Morgan fingerprint density at radius 3 is 2.58 bits per heavy atom. The molecule has 5 nitrogen and oxygen atoms in total. The fourth-order valence-electron chi connectivity index (χ4n) is 2.21. The van der Waals surface area contributed by atoms with Crippen molar-refractivity contribution in [1.82, 2.24) is 10.2 Å². The summed E-state index contributed by atoms with van der Waals surface area (Å²) in [6, 6.07) is 11.8. The fraction of sp³-hybridized carbons (Fsp3) is 0.333. The maximum absolute atomic E-state index is 12.7. The number of furan rings is 1. The first-order chi connectivity index (χ1) is 11.7. The minimum atomic E-state index is -0.252. The number of carbonyl (C=O) groups is 2.